The van der Waals surface area contributed by atoms with Crippen molar-refractivity contribution in [1.82, 2.24) is 19.9 Å². The van der Waals surface area contributed by atoms with Crippen LogP contribution in [-0.4, -0.2) is 50.1 Å². The van der Waals surface area contributed by atoms with Gasteiger partial charge in [0.05, 0.1) is 23.1 Å². The molecule has 2 aromatic heterocycles. The second-order valence-corrected chi connectivity index (χ2v) is 6.52. The van der Waals surface area contributed by atoms with Crippen molar-refractivity contribution in [2.24, 2.45) is 0 Å². The van der Waals surface area contributed by atoms with E-state index in [-0.39, 0.29) is 5.56 Å². The van der Waals surface area contributed by atoms with E-state index in [1.165, 1.54) is 12.6 Å². The number of aromatic nitrogens is 3. The topological polar surface area (TPSA) is 79.2 Å². The van der Waals surface area contributed by atoms with E-state index >= 15 is 0 Å². The molecule has 1 aliphatic rings. The summed E-state index contributed by atoms with van der Waals surface area (Å²) in [5.74, 6) is -0.587. The molecule has 24 heavy (non-hydrogen) atoms. The number of likely N-dealkylation sites (tertiary alicyclic amines) is 1. The smallest absolute Gasteiger partial charge is 0.337 e. The maximum absolute atomic E-state index is 11.1. The highest BCUT2D eigenvalue weighted by molar-refractivity contribution is 5.88. The first-order chi connectivity index (χ1) is 11.5. The lowest BCUT2D eigenvalue weighted by Gasteiger charge is -2.35. The van der Waals surface area contributed by atoms with Crippen LogP contribution in [0.4, 0.5) is 0 Å². The third kappa shape index (κ3) is 3.59. The zero-order chi connectivity index (χ0) is 17.1. The first-order valence-electron chi connectivity index (χ1n) is 8.29. The monoisotopic (exact) mass is 326 g/mol. The number of hydrogen-bond acceptors (Lipinski definition) is 5. The lowest BCUT2D eigenvalue weighted by molar-refractivity contribution is 0.0696. The maximum Gasteiger partial charge on any atom is 0.337 e. The normalized spacial score (nSPS) is 18.7. The van der Waals surface area contributed by atoms with Crippen LogP contribution in [0.15, 0.2) is 30.9 Å². The van der Waals surface area contributed by atoms with Gasteiger partial charge in [-0.05, 0) is 39.3 Å². The van der Waals surface area contributed by atoms with Crippen LogP contribution < -0.4 is 0 Å². The summed E-state index contributed by atoms with van der Waals surface area (Å²) in [7, 11) is 0. The Bertz CT molecular complexity index is 715. The van der Waals surface area contributed by atoms with Gasteiger partial charge in [-0.1, -0.05) is 0 Å². The molecule has 6 nitrogen and oxygen atoms in total. The van der Waals surface area contributed by atoms with E-state index < -0.39 is 5.97 Å². The molecule has 3 rings (SSSR count). The molecule has 0 aromatic carbocycles. The molecule has 0 amide bonds. The average molecular weight is 326 g/mol. The predicted molar refractivity (Wildman–Crippen MR) is 90.9 cm³/mol. The van der Waals surface area contributed by atoms with Gasteiger partial charge in [-0.2, -0.15) is 0 Å². The van der Waals surface area contributed by atoms with Gasteiger partial charge in [-0.15, -0.1) is 0 Å². The highest BCUT2D eigenvalue weighted by Crippen LogP contribution is 2.27. The molecular weight excluding hydrogens is 304 g/mol. The van der Waals surface area contributed by atoms with Gasteiger partial charge >= 0.3 is 5.97 Å². The first kappa shape index (κ1) is 16.5. The molecule has 1 saturated heterocycles. The Kier molecular flexibility index (Phi) is 4.85. The summed E-state index contributed by atoms with van der Waals surface area (Å²) in [5.41, 5.74) is 2.47. The van der Waals surface area contributed by atoms with Crippen LogP contribution >= 0.6 is 0 Å². The minimum absolute atomic E-state index is 0.151. The minimum atomic E-state index is -0.995. The molecule has 0 aliphatic carbocycles. The van der Waals surface area contributed by atoms with Crippen LogP contribution in [0.5, 0.6) is 0 Å². The maximum atomic E-state index is 11.1. The molecule has 0 radical (unpaired) electrons. The van der Waals surface area contributed by atoms with Gasteiger partial charge < -0.3 is 10.0 Å². The highest BCUT2D eigenvalue weighted by Gasteiger charge is 2.24. The van der Waals surface area contributed by atoms with Crippen LogP contribution in [0.1, 0.15) is 48.7 Å². The van der Waals surface area contributed by atoms with Gasteiger partial charge in [0.15, 0.2) is 0 Å². The molecule has 2 aromatic rings. The van der Waals surface area contributed by atoms with E-state index in [4.69, 9.17) is 5.11 Å². The number of nitrogens with zero attached hydrogens (tertiary/aromatic N) is 4. The number of carboxylic acids is 1. The van der Waals surface area contributed by atoms with Crippen LogP contribution in [0.2, 0.25) is 0 Å². The fourth-order valence-electron chi connectivity index (χ4n) is 3.11. The van der Waals surface area contributed by atoms with Crippen LogP contribution in [-0.2, 0) is 0 Å². The highest BCUT2D eigenvalue weighted by atomic mass is 16.4. The van der Waals surface area contributed by atoms with Crippen molar-refractivity contribution in [3.8, 4) is 11.3 Å². The molecule has 6 heteroatoms. The number of hydrogen-bond donors (Lipinski definition) is 1. The molecule has 0 saturated carbocycles. The third-order valence-electron chi connectivity index (χ3n) is 4.55. The molecule has 3 heterocycles. The van der Waals surface area contributed by atoms with Crippen molar-refractivity contribution in [3.05, 3.63) is 42.1 Å². The summed E-state index contributed by atoms with van der Waals surface area (Å²) < 4.78 is 0. The zero-order valence-electron chi connectivity index (χ0n) is 14.0. The van der Waals surface area contributed by atoms with Crippen molar-refractivity contribution >= 4 is 5.97 Å². The van der Waals surface area contributed by atoms with E-state index in [9.17, 15) is 4.79 Å². The first-order valence-corrected chi connectivity index (χ1v) is 8.29. The number of rotatable bonds is 4. The Labute approximate surface area is 141 Å². The summed E-state index contributed by atoms with van der Waals surface area (Å²) in [6, 6.07) is 2.12. The predicted octanol–water partition coefficient (Wildman–Crippen LogP) is 2.82. The summed E-state index contributed by atoms with van der Waals surface area (Å²) in [4.78, 5) is 26.6. The second-order valence-electron chi connectivity index (χ2n) is 6.52. The lowest BCUT2D eigenvalue weighted by atomic mass is 9.94. The van der Waals surface area contributed by atoms with Crippen molar-refractivity contribution < 1.29 is 9.90 Å². The molecule has 1 N–H and O–H groups in total. The fraction of sp³-hybridized carbons (Fsp3) is 0.444. The van der Waals surface area contributed by atoms with E-state index in [0.29, 0.717) is 23.2 Å². The van der Waals surface area contributed by atoms with Crippen LogP contribution in [0.25, 0.3) is 11.3 Å². The van der Waals surface area contributed by atoms with Gasteiger partial charge in [0, 0.05) is 42.7 Å². The molecular formula is C18H22N4O2. The zero-order valence-corrected chi connectivity index (χ0v) is 14.0. The molecule has 1 fully saturated rings. The van der Waals surface area contributed by atoms with E-state index in [2.05, 4.69) is 33.7 Å². The molecule has 0 spiro atoms. The largest absolute Gasteiger partial charge is 0.478 e. The summed E-state index contributed by atoms with van der Waals surface area (Å²) in [6.45, 7) is 6.61. The number of pyridine rings is 1. The number of piperidine rings is 1. The quantitative estimate of drug-likeness (QED) is 0.930. The van der Waals surface area contributed by atoms with Crippen LogP contribution in [0.3, 0.4) is 0 Å². The average Bonchev–Trinajstić information content (AvgIpc) is 2.62. The van der Waals surface area contributed by atoms with Crippen molar-refractivity contribution in [1.29, 1.82) is 0 Å². The number of carboxylic acid groups (broad SMARTS) is 1. The van der Waals surface area contributed by atoms with Gasteiger partial charge in [-0.3, -0.25) is 15.0 Å². The Morgan fingerprint density at radius 3 is 2.75 bits per heavy atom. The Morgan fingerprint density at radius 2 is 2.08 bits per heavy atom. The lowest BCUT2D eigenvalue weighted by Crippen LogP contribution is -2.39. The van der Waals surface area contributed by atoms with Gasteiger partial charge in [-0.25, -0.2) is 4.79 Å². The molecule has 1 aliphatic heterocycles. The Hall–Kier alpha value is -2.34. The summed E-state index contributed by atoms with van der Waals surface area (Å²) >= 11 is 0. The Morgan fingerprint density at radius 1 is 1.25 bits per heavy atom. The van der Waals surface area contributed by atoms with Crippen molar-refractivity contribution in [3.63, 3.8) is 0 Å². The standard InChI is InChI=1S/C18H22N4O2/c1-12(2)22-5-3-4-13(11-22)16-9-21-17(10-20-16)14-6-15(18(23)24)8-19-7-14/h6-10,12-13H,3-5,11H2,1-2H3,(H,23,24)/t13-/m0/s1. The fourth-order valence-corrected chi connectivity index (χ4v) is 3.11. The molecule has 0 bridgehead atoms. The van der Waals surface area contributed by atoms with Gasteiger partial charge in [0.25, 0.3) is 0 Å². The van der Waals surface area contributed by atoms with E-state index in [1.807, 2.05) is 6.20 Å². The number of carbonyl (C=O) groups is 1. The molecule has 0 unspecified atom stereocenters. The van der Waals surface area contributed by atoms with Gasteiger partial charge in [0.2, 0.25) is 0 Å². The third-order valence-corrected chi connectivity index (χ3v) is 4.55. The SMILES string of the molecule is CC(C)N1CCC[C@H](c2cnc(-c3cncc(C(=O)O)c3)cn2)C1. The van der Waals surface area contributed by atoms with E-state index in [1.54, 1.807) is 18.5 Å². The van der Waals surface area contributed by atoms with Crippen molar-refractivity contribution in [2.45, 2.75) is 38.6 Å². The summed E-state index contributed by atoms with van der Waals surface area (Å²) in [6.07, 6.45) is 8.78. The molecule has 126 valence electrons. The number of aromatic carboxylic acids is 1. The van der Waals surface area contributed by atoms with Crippen LogP contribution in [0, 0.1) is 0 Å². The van der Waals surface area contributed by atoms with Crippen molar-refractivity contribution in [2.75, 3.05) is 13.1 Å². The second kappa shape index (κ2) is 7.05. The summed E-state index contributed by atoms with van der Waals surface area (Å²) in [5, 5.41) is 9.06. The molecule has 1 atom stereocenters. The van der Waals surface area contributed by atoms with Gasteiger partial charge in [0.1, 0.15) is 0 Å². The minimum Gasteiger partial charge on any atom is -0.478 e. The van der Waals surface area contributed by atoms with E-state index in [0.717, 1.165) is 25.2 Å². The Balaban J connectivity index is 1.78.